The summed E-state index contributed by atoms with van der Waals surface area (Å²) in [5.41, 5.74) is 4.04. The number of imide groups is 1. The molecule has 0 radical (unpaired) electrons. The molecule has 7 heteroatoms. The first-order valence-corrected chi connectivity index (χ1v) is 11.1. The van der Waals surface area contributed by atoms with Gasteiger partial charge < -0.3 is 14.2 Å². The van der Waals surface area contributed by atoms with Crippen molar-refractivity contribution in [3.63, 3.8) is 0 Å². The summed E-state index contributed by atoms with van der Waals surface area (Å²) >= 11 is 0. The molecule has 1 atom stereocenters. The van der Waals surface area contributed by atoms with Gasteiger partial charge in [-0.2, -0.15) is 0 Å². The molecule has 3 heterocycles. The highest BCUT2D eigenvalue weighted by Crippen LogP contribution is 2.40. The summed E-state index contributed by atoms with van der Waals surface area (Å²) in [6, 6.07) is 15.2. The molecule has 2 bridgehead atoms. The number of nitrogens with zero attached hydrogens (tertiary/aromatic N) is 3. The van der Waals surface area contributed by atoms with E-state index in [1.165, 1.54) is 4.90 Å². The van der Waals surface area contributed by atoms with Crippen LogP contribution in [0.3, 0.4) is 0 Å². The number of likely N-dealkylation sites (N-methyl/N-ethyl adjacent to an activating group) is 1. The van der Waals surface area contributed by atoms with Crippen LogP contribution in [0.2, 0.25) is 0 Å². The summed E-state index contributed by atoms with van der Waals surface area (Å²) in [6.45, 7) is 7.00. The van der Waals surface area contributed by atoms with Gasteiger partial charge in [-0.05, 0) is 50.1 Å². The smallest absolute Gasteiger partial charge is 0.338 e. The van der Waals surface area contributed by atoms with Gasteiger partial charge in [-0.3, -0.25) is 9.69 Å². The number of carbonyl (C=O) groups is 3. The van der Waals surface area contributed by atoms with Gasteiger partial charge >= 0.3 is 12.0 Å². The van der Waals surface area contributed by atoms with Crippen molar-refractivity contribution in [2.75, 3.05) is 13.6 Å². The lowest BCUT2D eigenvalue weighted by Gasteiger charge is -2.41. The number of fused-ring (bicyclic) bond motifs is 6. The maximum absolute atomic E-state index is 12.9. The Balaban J connectivity index is 1.53. The van der Waals surface area contributed by atoms with E-state index in [1.54, 1.807) is 24.1 Å². The van der Waals surface area contributed by atoms with Crippen molar-refractivity contribution >= 4 is 28.8 Å². The van der Waals surface area contributed by atoms with Gasteiger partial charge in [0.1, 0.15) is 5.60 Å². The molecule has 0 spiro atoms. The molecule has 2 aromatic carbocycles. The Labute approximate surface area is 192 Å². The van der Waals surface area contributed by atoms with Crippen LogP contribution in [0.4, 0.5) is 4.79 Å². The van der Waals surface area contributed by atoms with Crippen LogP contribution >= 0.6 is 0 Å². The molecule has 0 N–H and O–H groups in total. The number of ether oxygens (including phenoxy) is 1. The van der Waals surface area contributed by atoms with Crippen molar-refractivity contribution < 1.29 is 19.1 Å². The van der Waals surface area contributed by atoms with Crippen LogP contribution in [0.25, 0.3) is 10.9 Å². The Bertz CT molecular complexity index is 1280. The molecule has 1 fully saturated rings. The second-order valence-electron chi connectivity index (χ2n) is 9.78. The molecule has 2 aliphatic heterocycles. The fourth-order valence-corrected chi connectivity index (χ4v) is 4.83. The topological polar surface area (TPSA) is 71.8 Å². The van der Waals surface area contributed by atoms with E-state index in [9.17, 15) is 14.4 Å². The Morgan fingerprint density at radius 1 is 1.06 bits per heavy atom. The number of para-hydroxylation sites is 1. The zero-order chi connectivity index (χ0) is 23.5. The van der Waals surface area contributed by atoms with Crippen LogP contribution in [0.15, 0.2) is 48.5 Å². The van der Waals surface area contributed by atoms with Gasteiger partial charge in [-0.25, -0.2) is 9.59 Å². The van der Waals surface area contributed by atoms with E-state index >= 15 is 0 Å². The highest BCUT2D eigenvalue weighted by molar-refractivity contribution is 6.04. The first-order valence-electron chi connectivity index (χ1n) is 11.1. The summed E-state index contributed by atoms with van der Waals surface area (Å²) < 4.78 is 7.65. The summed E-state index contributed by atoms with van der Waals surface area (Å²) in [6.07, 6.45) is 0. The van der Waals surface area contributed by atoms with E-state index in [4.69, 9.17) is 4.74 Å². The third-order valence-electron chi connectivity index (χ3n) is 6.33. The number of hydrogen-bond donors (Lipinski definition) is 0. The zero-order valence-electron chi connectivity index (χ0n) is 19.3. The monoisotopic (exact) mass is 445 g/mol. The number of amides is 3. The van der Waals surface area contributed by atoms with Crippen LogP contribution in [-0.2, 0) is 22.6 Å². The number of urea groups is 1. The van der Waals surface area contributed by atoms with Crippen molar-refractivity contribution in [1.29, 1.82) is 0 Å². The van der Waals surface area contributed by atoms with E-state index < -0.39 is 5.60 Å². The predicted molar refractivity (Wildman–Crippen MR) is 124 cm³/mol. The zero-order valence-corrected chi connectivity index (χ0v) is 19.3. The minimum atomic E-state index is -0.546. The van der Waals surface area contributed by atoms with Gasteiger partial charge in [-0.1, -0.05) is 30.3 Å². The number of carbonyl (C=O) groups excluding carboxylic acids is 3. The first kappa shape index (κ1) is 21.2. The number of benzene rings is 2. The van der Waals surface area contributed by atoms with Crippen LogP contribution in [-0.4, -0.2) is 51.5 Å². The molecule has 2 aliphatic rings. The first-order chi connectivity index (χ1) is 15.6. The fourth-order valence-electron chi connectivity index (χ4n) is 4.83. The van der Waals surface area contributed by atoms with E-state index in [0.717, 1.165) is 27.7 Å². The average molecular weight is 446 g/mol. The second-order valence-corrected chi connectivity index (χ2v) is 9.78. The van der Waals surface area contributed by atoms with E-state index in [2.05, 4.69) is 16.7 Å². The second kappa shape index (κ2) is 7.47. The minimum absolute atomic E-state index is 0.151. The van der Waals surface area contributed by atoms with Gasteiger partial charge in [0.25, 0.3) is 0 Å². The predicted octanol–water partition coefficient (Wildman–Crippen LogP) is 4.14. The molecule has 5 rings (SSSR count). The van der Waals surface area contributed by atoms with Crippen molar-refractivity contribution in [3.05, 3.63) is 70.9 Å². The van der Waals surface area contributed by atoms with Gasteiger partial charge in [-0.15, -0.1) is 0 Å². The Kier molecular flexibility index (Phi) is 4.81. The highest BCUT2D eigenvalue weighted by Gasteiger charge is 2.44. The van der Waals surface area contributed by atoms with E-state index in [1.807, 2.05) is 45.0 Å². The summed E-state index contributed by atoms with van der Waals surface area (Å²) in [5, 5.41) is 1.05. The normalized spacial score (nSPS) is 18.0. The van der Waals surface area contributed by atoms with Crippen molar-refractivity contribution in [1.82, 2.24) is 14.4 Å². The molecule has 1 aromatic heterocycles. The number of rotatable bonds is 3. The molecule has 33 heavy (non-hydrogen) atoms. The standard InChI is InChI=1S/C26H27N3O4/c1-26(2,3)33-24(31)17-11-9-16(10-12-17)13-29-20-8-6-5-7-18(20)22-19-14-28(15-21(22)29)25(32)27(4)23(19)30/h5-12,19H,13-15H2,1-4H3. The Morgan fingerprint density at radius 2 is 1.76 bits per heavy atom. The third-order valence-corrected chi connectivity index (χ3v) is 6.33. The molecular weight excluding hydrogens is 418 g/mol. The molecule has 1 saturated heterocycles. The number of aromatic nitrogens is 1. The summed E-state index contributed by atoms with van der Waals surface area (Å²) in [4.78, 5) is 40.9. The lowest BCUT2D eigenvalue weighted by molar-refractivity contribution is -0.132. The van der Waals surface area contributed by atoms with Crippen molar-refractivity contribution in [2.24, 2.45) is 0 Å². The third kappa shape index (κ3) is 3.57. The quantitative estimate of drug-likeness (QED) is 0.568. The SMILES string of the molecule is CN1C(=O)C2CN(Cc3c2c2ccccc2n3Cc2ccc(C(=O)OC(C)(C)C)cc2)C1=O. The largest absolute Gasteiger partial charge is 0.456 e. The van der Waals surface area contributed by atoms with Crippen LogP contribution in [0.5, 0.6) is 0 Å². The lowest BCUT2D eigenvalue weighted by Crippen LogP contribution is -2.56. The molecule has 0 aliphatic carbocycles. The van der Waals surface area contributed by atoms with Crippen molar-refractivity contribution in [3.8, 4) is 0 Å². The molecule has 170 valence electrons. The van der Waals surface area contributed by atoms with Gasteiger partial charge in [0, 0.05) is 36.7 Å². The highest BCUT2D eigenvalue weighted by atomic mass is 16.6. The molecular formula is C26H27N3O4. The summed E-state index contributed by atoms with van der Waals surface area (Å²) in [7, 11) is 1.56. The lowest BCUT2D eigenvalue weighted by atomic mass is 9.89. The van der Waals surface area contributed by atoms with E-state index in [-0.39, 0.29) is 23.8 Å². The Morgan fingerprint density at radius 3 is 2.45 bits per heavy atom. The fraction of sp³-hybridized carbons (Fsp3) is 0.346. The number of esters is 1. The maximum Gasteiger partial charge on any atom is 0.338 e. The average Bonchev–Trinajstić information content (AvgIpc) is 3.09. The number of hydrogen-bond acceptors (Lipinski definition) is 4. The van der Waals surface area contributed by atoms with Gasteiger partial charge in [0.2, 0.25) is 5.91 Å². The van der Waals surface area contributed by atoms with Crippen LogP contribution in [0.1, 0.15) is 53.9 Å². The molecule has 3 amide bonds. The maximum atomic E-state index is 12.9. The minimum Gasteiger partial charge on any atom is -0.456 e. The van der Waals surface area contributed by atoms with E-state index in [0.29, 0.717) is 25.2 Å². The molecule has 7 nitrogen and oxygen atoms in total. The van der Waals surface area contributed by atoms with Crippen LogP contribution < -0.4 is 0 Å². The molecule has 1 unspecified atom stereocenters. The molecule has 3 aromatic rings. The summed E-state index contributed by atoms with van der Waals surface area (Å²) in [5.74, 6) is -0.849. The Hall–Kier alpha value is -3.61. The van der Waals surface area contributed by atoms with Gasteiger partial charge in [0.05, 0.1) is 18.0 Å². The van der Waals surface area contributed by atoms with Crippen molar-refractivity contribution in [2.45, 2.75) is 45.4 Å². The van der Waals surface area contributed by atoms with Crippen LogP contribution in [0, 0.1) is 0 Å². The van der Waals surface area contributed by atoms with Gasteiger partial charge in [0.15, 0.2) is 0 Å². The molecule has 0 saturated carbocycles.